The van der Waals surface area contributed by atoms with Crippen molar-refractivity contribution in [3.8, 4) is 0 Å². The SMILES string of the molecule is CCC1=NC(C2CC2)CC=N1. The molecule has 0 bridgehead atoms. The Hall–Kier alpha value is -0.660. The lowest BCUT2D eigenvalue weighted by molar-refractivity contribution is 0.615. The second-order valence-electron chi connectivity index (χ2n) is 3.35. The van der Waals surface area contributed by atoms with Gasteiger partial charge < -0.3 is 0 Å². The van der Waals surface area contributed by atoms with E-state index in [4.69, 9.17) is 0 Å². The lowest BCUT2D eigenvalue weighted by atomic mass is 10.1. The third-order valence-electron chi connectivity index (χ3n) is 2.38. The largest absolute Gasteiger partial charge is 0.266 e. The first-order valence-electron chi connectivity index (χ1n) is 4.49. The maximum absolute atomic E-state index is 4.58. The summed E-state index contributed by atoms with van der Waals surface area (Å²) < 4.78 is 0. The molecule has 0 aromatic rings. The molecule has 2 heteroatoms. The Morgan fingerprint density at radius 3 is 3.00 bits per heavy atom. The molecule has 0 saturated heterocycles. The fourth-order valence-corrected chi connectivity index (χ4v) is 1.50. The first kappa shape index (κ1) is 7.01. The lowest BCUT2D eigenvalue weighted by Crippen LogP contribution is -2.15. The summed E-state index contributed by atoms with van der Waals surface area (Å²) in [5, 5.41) is 0. The Morgan fingerprint density at radius 2 is 2.36 bits per heavy atom. The van der Waals surface area contributed by atoms with Crippen molar-refractivity contribution in [3.63, 3.8) is 0 Å². The van der Waals surface area contributed by atoms with Gasteiger partial charge in [-0.3, -0.25) is 4.99 Å². The zero-order chi connectivity index (χ0) is 7.68. The predicted octanol–water partition coefficient (Wildman–Crippen LogP) is 2.05. The van der Waals surface area contributed by atoms with Crippen LogP contribution in [0.1, 0.15) is 32.6 Å². The van der Waals surface area contributed by atoms with Crippen molar-refractivity contribution in [3.05, 3.63) is 0 Å². The van der Waals surface area contributed by atoms with Gasteiger partial charge in [-0.05, 0) is 18.8 Å². The highest BCUT2D eigenvalue weighted by atomic mass is 15.0. The fraction of sp³-hybridized carbons (Fsp3) is 0.778. The second kappa shape index (κ2) is 2.76. The summed E-state index contributed by atoms with van der Waals surface area (Å²) >= 11 is 0. The standard InChI is InChI=1S/C9H14N2/c1-2-9-10-6-5-8(11-9)7-3-4-7/h6-8H,2-5H2,1H3. The number of nitrogens with zero attached hydrogens (tertiary/aromatic N) is 2. The molecule has 0 radical (unpaired) electrons. The summed E-state index contributed by atoms with van der Waals surface area (Å²) in [5.41, 5.74) is 0. The van der Waals surface area contributed by atoms with E-state index in [2.05, 4.69) is 16.9 Å². The van der Waals surface area contributed by atoms with Crippen LogP contribution in [-0.2, 0) is 0 Å². The minimum Gasteiger partial charge on any atom is -0.266 e. The molecule has 11 heavy (non-hydrogen) atoms. The van der Waals surface area contributed by atoms with Gasteiger partial charge in [0.05, 0.1) is 6.04 Å². The molecular weight excluding hydrogens is 136 g/mol. The van der Waals surface area contributed by atoms with Gasteiger partial charge in [0.25, 0.3) is 0 Å². The maximum atomic E-state index is 4.58. The summed E-state index contributed by atoms with van der Waals surface area (Å²) in [6.45, 7) is 2.12. The summed E-state index contributed by atoms with van der Waals surface area (Å²) in [7, 11) is 0. The van der Waals surface area contributed by atoms with Crippen LogP contribution in [0.3, 0.4) is 0 Å². The van der Waals surface area contributed by atoms with Crippen LogP contribution in [0.4, 0.5) is 0 Å². The van der Waals surface area contributed by atoms with Gasteiger partial charge in [-0.15, -0.1) is 0 Å². The summed E-state index contributed by atoms with van der Waals surface area (Å²) in [4.78, 5) is 8.81. The minimum absolute atomic E-state index is 0.586. The van der Waals surface area contributed by atoms with Crippen molar-refractivity contribution in [2.75, 3.05) is 0 Å². The first-order valence-corrected chi connectivity index (χ1v) is 4.49. The van der Waals surface area contributed by atoms with Crippen LogP contribution in [0.2, 0.25) is 0 Å². The highest BCUT2D eigenvalue weighted by Crippen LogP contribution is 2.36. The van der Waals surface area contributed by atoms with Crippen LogP contribution in [-0.4, -0.2) is 18.1 Å². The smallest absolute Gasteiger partial charge is 0.122 e. The van der Waals surface area contributed by atoms with E-state index in [0.29, 0.717) is 6.04 Å². The topological polar surface area (TPSA) is 24.7 Å². The van der Waals surface area contributed by atoms with E-state index >= 15 is 0 Å². The van der Waals surface area contributed by atoms with E-state index in [1.54, 1.807) is 0 Å². The summed E-state index contributed by atoms with van der Waals surface area (Å²) in [6, 6.07) is 0.586. The molecule has 60 valence electrons. The van der Waals surface area contributed by atoms with Crippen molar-refractivity contribution in [1.29, 1.82) is 0 Å². The molecule has 1 atom stereocenters. The molecule has 2 aliphatic rings. The number of hydrogen-bond donors (Lipinski definition) is 0. The zero-order valence-electron chi connectivity index (χ0n) is 6.95. The van der Waals surface area contributed by atoms with Gasteiger partial charge in [0.15, 0.2) is 0 Å². The number of amidine groups is 1. The summed E-state index contributed by atoms with van der Waals surface area (Å²) in [6.07, 6.45) is 6.88. The molecule has 2 rings (SSSR count). The van der Waals surface area contributed by atoms with Gasteiger partial charge in [0.1, 0.15) is 5.84 Å². The Morgan fingerprint density at radius 1 is 1.55 bits per heavy atom. The predicted molar refractivity (Wildman–Crippen MR) is 47.3 cm³/mol. The number of hydrogen-bond acceptors (Lipinski definition) is 2. The van der Waals surface area contributed by atoms with E-state index in [0.717, 1.165) is 24.6 Å². The van der Waals surface area contributed by atoms with E-state index in [9.17, 15) is 0 Å². The van der Waals surface area contributed by atoms with Gasteiger partial charge in [-0.25, -0.2) is 4.99 Å². The lowest BCUT2D eigenvalue weighted by Gasteiger charge is -2.13. The molecule has 0 aromatic carbocycles. The van der Waals surface area contributed by atoms with E-state index < -0.39 is 0 Å². The molecule has 2 nitrogen and oxygen atoms in total. The average molecular weight is 150 g/mol. The Labute approximate surface area is 67.4 Å². The molecule has 1 unspecified atom stereocenters. The molecule has 1 saturated carbocycles. The van der Waals surface area contributed by atoms with Crippen molar-refractivity contribution < 1.29 is 0 Å². The molecule has 1 aliphatic heterocycles. The molecular formula is C9H14N2. The second-order valence-corrected chi connectivity index (χ2v) is 3.35. The maximum Gasteiger partial charge on any atom is 0.122 e. The number of aliphatic imine (C=N–C) groups is 2. The average Bonchev–Trinajstić information content (AvgIpc) is 2.87. The van der Waals surface area contributed by atoms with Gasteiger partial charge in [-0.1, -0.05) is 6.92 Å². The van der Waals surface area contributed by atoms with Crippen molar-refractivity contribution in [2.24, 2.45) is 15.9 Å². The first-order chi connectivity index (χ1) is 5.40. The van der Waals surface area contributed by atoms with Crippen LogP contribution in [0.5, 0.6) is 0 Å². The Kier molecular flexibility index (Phi) is 1.76. The van der Waals surface area contributed by atoms with Gasteiger partial charge >= 0.3 is 0 Å². The third kappa shape index (κ3) is 1.50. The molecule has 0 amide bonds. The van der Waals surface area contributed by atoms with Crippen molar-refractivity contribution >= 4 is 12.1 Å². The highest BCUT2D eigenvalue weighted by Gasteiger charge is 2.31. The molecule has 1 fully saturated rings. The molecule has 0 aromatic heterocycles. The van der Waals surface area contributed by atoms with E-state index in [-0.39, 0.29) is 0 Å². The highest BCUT2D eigenvalue weighted by molar-refractivity contribution is 5.91. The third-order valence-corrected chi connectivity index (χ3v) is 2.38. The zero-order valence-corrected chi connectivity index (χ0v) is 6.95. The van der Waals surface area contributed by atoms with Crippen LogP contribution in [0, 0.1) is 5.92 Å². The quantitative estimate of drug-likeness (QED) is 0.575. The van der Waals surface area contributed by atoms with Crippen molar-refractivity contribution in [2.45, 2.75) is 38.6 Å². The van der Waals surface area contributed by atoms with Crippen LogP contribution in [0.15, 0.2) is 9.98 Å². The van der Waals surface area contributed by atoms with Crippen LogP contribution >= 0.6 is 0 Å². The Balaban J connectivity index is 2.03. The molecule has 0 spiro atoms. The molecule has 0 N–H and O–H groups in total. The van der Waals surface area contributed by atoms with Gasteiger partial charge in [-0.2, -0.15) is 0 Å². The Bertz CT molecular complexity index is 202. The number of rotatable bonds is 2. The van der Waals surface area contributed by atoms with Gasteiger partial charge in [0, 0.05) is 19.1 Å². The molecule has 1 aliphatic carbocycles. The van der Waals surface area contributed by atoms with Crippen LogP contribution < -0.4 is 0 Å². The van der Waals surface area contributed by atoms with Crippen molar-refractivity contribution in [1.82, 2.24) is 0 Å². The van der Waals surface area contributed by atoms with E-state index in [1.807, 2.05) is 6.21 Å². The normalized spacial score (nSPS) is 30.3. The van der Waals surface area contributed by atoms with Crippen LogP contribution in [0.25, 0.3) is 0 Å². The molecule has 1 heterocycles. The van der Waals surface area contributed by atoms with E-state index in [1.165, 1.54) is 12.8 Å². The monoisotopic (exact) mass is 150 g/mol. The fourth-order valence-electron chi connectivity index (χ4n) is 1.50. The van der Waals surface area contributed by atoms with Gasteiger partial charge in [0.2, 0.25) is 0 Å². The summed E-state index contributed by atoms with van der Waals surface area (Å²) in [5.74, 6) is 1.94. The minimum atomic E-state index is 0.586.